The number of carbonyl (C=O) groups is 2. The number of para-hydroxylation sites is 1. The first-order chi connectivity index (χ1) is 13.3. The van der Waals surface area contributed by atoms with Crippen molar-refractivity contribution in [3.8, 4) is 0 Å². The molecule has 1 aromatic carbocycles. The molecule has 0 aromatic heterocycles. The zero-order chi connectivity index (χ0) is 22.4. The Bertz CT molecular complexity index is 864. The summed E-state index contributed by atoms with van der Waals surface area (Å²) in [4.78, 5) is 33.7. The fourth-order valence-corrected chi connectivity index (χ4v) is 3.85. The minimum atomic E-state index is -4.40. The van der Waals surface area contributed by atoms with E-state index in [0.717, 1.165) is 26.3 Å². The number of nitrogens with one attached hydrogen (secondary N) is 1. The Morgan fingerprint density at radius 3 is 2.38 bits per heavy atom. The molecular formula is C17H25N3O8S. The van der Waals surface area contributed by atoms with Gasteiger partial charge in [0.1, 0.15) is 11.6 Å². The lowest BCUT2D eigenvalue weighted by atomic mass is 10.2. The molecule has 0 saturated heterocycles. The SMILES string of the molecule is COC(=O)[C@H](CCNC(=O)OC(C)(C)C)N(C)S(=O)(=O)c1ccccc1[N+](=O)[O-]. The highest BCUT2D eigenvalue weighted by Gasteiger charge is 2.37. The summed E-state index contributed by atoms with van der Waals surface area (Å²) in [6.45, 7) is 4.94. The first kappa shape index (κ1) is 24.3. The molecule has 12 heteroatoms. The number of ether oxygens (including phenoxy) is 2. The highest BCUT2D eigenvalue weighted by Crippen LogP contribution is 2.27. The number of likely N-dealkylation sites (N-methyl/N-ethyl adjacent to an activating group) is 1. The number of hydrogen-bond donors (Lipinski definition) is 1. The van der Waals surface area contributed by atoms with E-state index < -0.39 is 49.2 Å². The first-order valence-electron chi connectivity index (χ1n) is 8.57. The quantitative estimate of drug-likeness (QED) is 0.372. The van der Waals surface area contributed by atoms with Gasteiger partial charge < -0.3 is 14.8 Å². The molecule has 1 amide bonds. The number of sulfonamides is 1. The second kappa shape index (κ2) is 9.65. The Labute approximate surface area is 169 Å². The number of esters is 1. The van der Waals surface area contributed by atoms with Crippen molar-refractivity contribution in [2.24, 2.45) is 0 Å². The van der Waals surface area contributed by atoms with Crippen molar-refractivity contribution < 1.29 is 32.4 Å². The van der Waals surface area contributed by atoms with Crippen LogP contribution in [0.5, 0.6) is 0 Å². The summed E-state index contributed by atoms with van der Waals surface area (Å²) in [5.41, 5.74) is -1.34. The lowest BCUT2D eigenvalue weighted by Crippen LogP contribution is -2.45. The van der Waals surface area contributed by atoms with Gasteiger partial charge in [-0.1, -0.05) is 12.1 Å². The van der Waals surface area contributed by atoms with Gasteiger partial charge >= 0.3 is 12.1 Å². The normalized spacial score (nSPS) is 12.9. The molecule has 0 unspecified atom stereocenters. The second-order valence-corrected chi connectivity index (χ2v) is 8.97. The average molecular weight is 431 g/mol. The highest BCUT2D eigenvalue weighted by molar-refractivity contribution is 7.89. The van der Waals surface area contributed by atoms with E-state index in [9.17, 15) is 28.1 Å². The maximum absolute atomic E-state index is 12.9. The van der Waals surface area contributed by atoms with Crippen LogP contribution in [0.3, 0.4) is 0 Å². The molecule has 0 bridgehead atoms. The summed E-state index contributed by atoms with van der Waals surface area (Å²) in [7, 11) is -2.20. The molecule has 0 spiro atoms. The number of nitro benzene ring substituents is 1. The molecule has 0 aliphatic carbocycles. The number of nitrogens with zero attached hydrogens (tertiary/aromatic N) is 2. The van der Waals surface area contributed by atoms with Gasteiger partial charge in [0.25, 0.3) is 5.69 Å². The molecule has 0 fully saturated rings. The molecular weight excluding hydrogens is 406 g/mol. The van der Waals surface area contributed by atoms with Crippen LogP contribution in [-0.2, 0) is 24.3 Å². The second-order valence-electron chi connectivity index (χ2n) is 7.00. The molecule has 0 aliphatic heterocycles. The van der Waals surface area contributed by atoms with Crippen LogP contribution >= 0.6 is 0 Å². The third-order valence-corrected chi connectivity index (χ3v) is 5.63. The van der Waals surface area contributed by atoms with Gasteiger partial charge in [0.2, 0.25) is 10.0 Å². The van der Waals surface area contributed by atoms with E-state index in [4.69, 9.17) is 4.74 Å². The van der Waals surface area contributed by atoms with Gasteiger partial charge in [0.05, 0.1) is 12.0 Å². The molecule has 1 atom stereocenters. The third-order valence-electron chi connectivity index (χ3n) is 3.72. The summed E-state index contributed by atoms with van der Waals surface area (Å²) in [5, 5.41) is 13.6. The lowest BCUT2D eigenvalue weighted by molar-refractivity contribution is -0.387. The van der Waals surface area contributed by atoms with E-state index in [1.165, 1.54) is 12.1 Å². The van der Waals surface area contributed by atoms with Crippen molar-refractivity contribution in [1.82, 2.24) is 9.62 Å². The minimum Gasteiger partial charge on any atom is -0.468 e. The van der Waals surface area contributed by atoms with Crippen molar-refractivity contribution in [3.63, 3.8) is 0 Å². The molecule has 0 heterocycles. The number of methoxy groups -OCH3 is 1. The van der Waals surface area contributed by atoms with Gasteiger partial charge in [-0.05, 0) is 33.3 Å². The average Bonchev–Trinajstić information content (AvgIpc) is 2.62. The predicted octanol–water partition coefficient (Wildman–Crippen LogP) is 1.67. The topological polar surface area (TPSA) is 145 Å². The van der Waals surface area contributed by atoms with E-state index >= 15 is 0 Å². The van der Waals surface area contributed by atoms with E-state index in [2.05, 4.69) is 10.1 Å². The van der Waals surface area contributed by atoms with E-state index in [-0.39, 0.29) is 13.0 Å². The molecule has 11 nitrogen and oxygen atoms in total. The summed E-state index contributed by atoms with van der Waals surface area (Å²) in [5.74, 6) is -0.874. The van der Waals surface area contributed by atoms with Crippen LogP contribution < -0.4 is 5.32 Å². The number of hydrogen-bond acceptors (Lipinski definition) is 8. The molecule has 0 radical (unpaired) electrons. The van der Waals surface area contributed by atoms with Gasteiger partial charge in [-0.15, -0.1) is 0 Å². The molecule has 1 rings (SSSR count). The van der Waals surface area contributed by atoms with E-state index in [0.29, 0.717) is 4.31 Å². The number of benzene rings is 1. The predicted molar refractivity (Wildman–Crippen MR) is 103 cm³/mol. The monoisotopic (exact) mass is 431 g/mol. The summed E-state index contributed by atoms with van der Waals surface area (Å²) in [6.07, 6.45) is -0.868. The highest BCUT2D eigenvalue weighted by atomic mass is 32.2. The van der Waals surface area contributed by atoms with Gasteiger partial charge in [-0.25, -0.2) is 13.2 Å². The number of carbonyl (C=O) groups excluding carboxylic acids is 2. The molecule has 1 N–H and O–H groups in total. The van der Waals surface area contributed by atoms with Crippen LogP contribution in [0, 0.1) is 10.1 Å². The first-order valence-corrected chi connectivity index (χ1v) is 10.0. The summed E-state index contributed by atoms with van der Waals surface area (Å²) < 4.78 is 36.2. The summed E-state index contributed by atoms with van der Waals surface area (Å²) in [6, 6.07) is 3.49. The smallest absolute Gasteiger partial charge is 0.407 e. The zero-order valence-electron chi connectivity index (χ0n) is 16.9. The number of nitro groups is 1. The maximum atomic E-state index is 12.9. The van der Waals surface area contributed by atoms with E-state index in [1.54, 1.807) is 20.8 Å². The molecule has 1 aromatic rings. The minimum absolute atomic E-state index is 0.0918. The van der Waals surface area contributed by atoms with Crippen LogP contribution in [-0.4, -0.2) is 62.1 Å². The lowest BCUT2D eigenvalue weighted by Gasteiger charge is -2.26. The van der Waals surface area contributed by atoms with Crippen molar-refractivity contribution in [3.05, 3.63) is 34.4 Å². The van der Waals surface area contributed by atoms with Gasteiger partial charge in [0.15, 0.2) is 4.90 Å². The van der Waals surface area contributed by atoms with Crippen molar-refractivity contribution >= 4 is 27.8 Å². The number of amides is 1. The van der Waals surface area contributed by atoms with Crippen molar-refractivity contribution in [2.45, 2.75) is 43.7 Å². The zero-order valence-corrected chi connectivity index (χ0v) is 17.7. The van der Waals surface area contributed by atoms with Gasteiger partial charge in [0, 0.05) is 19.7 Å². The molecule has 0 aliphatic rings. The van der Waals surface area contributed by atoms with Crippen LogP contribution in [0.1, 0.15) is 27.2 Å². The summed E-state index contributed by atoms with van der Waals surface area (Å²) >= 11 is 0. The number of rotatable bonds is 8. The molecule has 0 saturated carbocycles. The fourth-order valence-electron chi connectivity index (χ4n) is 2.36. The van der Waals surface area contributed by atoms with E-state index in [1.807, 2.05) is 0 Å². The van der Waals surface area contributed by atoms with Crippen molar-refractivity contribution in [2.75, 3.05) is 20.7 Å². The Morgan fingerprint density at radius 1 is 1.28 bits per heavy atom. The Balaban J connectivity index is 3.05. The Hall–Kier alpha value is -2.73. The van der Waals surface area contributed by atoms with Crippen LogP contribution in [0.15, 0.2) is 29.2 Å². The fraction of sp³-hybridized carbons (Fsp3) is 0.529. The molecule has 162 valence electrons. The van der Waals surface area contributed by atoms with Crippen LogP contribution in [0.2, 0.25) is 0 Å². The van der Waals surface area contributed by atoms with Gasteiger partial charge in [-0.2, -0.15) is 4.31 Å². The maximum Gasteiger partial charge on any atom is 0.407 e. The van der Waals surface area contributed by atoms with Crippen molar-refractivity contribution in [1.29, 1.82) is 0 Å². The van der Waals surface area contributed by atoms with Crippen LogP contribution in [0.25, 0.3) is 0 Å². The molecule has 29 heavy (non-hydrogen) atoms. The number of alkyl carbamates (subject to hydrolysis) is 1. The Morgan fingerprint density at radius 2 is 1.86 bits per heavy atom. The largest absolute Gasteiger partial charge is 0.468 e. The van der Waals surface area contributed by atoms with Gasteiger partial charge in [-0.3, -0.25) is 14.9 Å². The third kappa shape index (κ3) is 6.68. The van der Waals surface area contributed by atoms with Crippen LogP contribution in [0.4, 0.5) is 10.5 Å². The Kier molecular flexibility index (Phi) is 8.09. The standard InChI is InChI=1S/C17H25N3O8S/c1-17(2,3)28-16(22)18-11-10-13(15(21)27-5)19(4)29(25,26)14-9-7-6-8-12(14)20(23)24/h6-9,13H,10-11H2,1-5H3,(H,18,22)/t13-/m0/s1.